The highest BCUT2D eigenvalue weighted by Gasteiger charge is 2.00. The highest BCUT2D eigenvalue weighted by molar-refractivity contribution is 5.89. The number of carbonyl (C=O) groups is 1. The first-order valence-corrected chi connectivity index (χ1v) is 7.65. The van der Waals surface area contributed by atoms with Crippen molar-refractivity contribution in [3.05, 3.63) is 78.9 Å². The molecule has 24 heavy (non-hydrogen) atoms. The summed E-state index contributed by atoms with van der Waals surface area (Å²) in [6, 6.07) is 25.3. The Labute approximate surface area is 140 Å². The van der Waals surface area contributed by atoms with E-state index in [0.717, 1.165) is 28.2 Å². The second kappa shape index (κ2) is 7.33. The van der Waals surface area contributed by atoms with Crippen LogP contribution in [-0.2, 0) is 4.79 Å². The third-order valence-corrected chi connectivity index (χ3v) is 3.44. The van der Waals surface area contributed by atoms with Gasteiger partial charge in [0.25, 0.3) is 0 Å². The first-order valence-electron chi connectivity index (χ1n) is 7.65. The van der Waals surface area contributed by atoms with Crippen LogP contribution in [0, 0.1) is 0 Å². The van der Waals surface area contributed by atoms with Crippen molar-refractivity contribution in [1.29, 1.82) is 0 Å². The van der Waals surface area contributed by atoms with E-state index in [0.29, 0.717) is 0 Å². The second-order valence-electron chi connectivity index (χ2n) is 5.34. The molecule has 4 heteroatoms. The lowest BCUT2D eigenvalue weighted by Crippen LogP contribution is -2.05. The van der Waals surface area contributed by atoms with Crippen LogP contribution in [0.4, 0.5) is 17.1 Å². The summed E-state index contributed by atoms with van der Waals surface area (Å²) in [4.78, 5) is 11.0. The van der Waals surface area contributed by atoms with E-state index in [-0.39, 0.29) is 5.91 Å². The van der Waals surface area contributed by atoms with Gasteiger partial charge in [-0.3, -0.25) is 4.79 Å². The summed E-state index contributed by atoms with van der Waals surface area (Å²) in [5.41, 5.74) is 4.59. The van der Waals surface area contributed by atoms with Gasteiger partial charge in [0.05, 0.1) is 11.4 Å². The molecule has 3 aromatic carbocycles. The van der Waals surface area contributed by atoms with Gasteiger partial charge in [0.15, 0.2) is 0 Å². The van der Waals surface area contributed by atoms with Gasteiger partial charge in [-0.2, -0.15) is 10.2 Å². The number of hydrogen-bond donors (Lipinski definition) is 1. The second-order valence-corrected chi connectivity index (χ2v) is 5.34. The molecule has 1 amide bonds. The van der Waals surface area contributed by atoms with Gasteiger partial charge in [-0.1, -0.05) is 42.5 Å². The van der Waals surface area contributed by atoms with E-state index in [1.807, 2.05) is 78.9 Å². The van der Waals surface area contributed by atoms with E-state index < -0.39 is 0 Å². The molecular formula is C20H17N3O. The number of nitrogens with zero attached hydrogens (tertiary/aromatic N) is 2. The van der Waals surface area contributed by atoms with Crippen LogP contribution in [0.2, 0.25) is 0 Å². The number of rotatable bonds is 4. The summed E-state index contributed by atoms with van der Waals surface area (Å²) in [6.45, 7) is 1.50. The number of carbonyl (C=O) groups excluding carboxylic acids is 1. The van der Waals surface area contributed by atoms with Gasteiger partial charge in [0.1, 0.15) is 0 Å². The number of amides is 1. The molecule has 118 valence electrons. The fourth-order valence-corrected chi connectivity index (χ4v) is 2.28. The molecule has 0 unspecified atom stereocenters. The molecule has 0 aliphatic carbocycles. The first-order chi connectivity index (χ1) is 11.7. The summed E-state index contributed by atoms with van der Waals surface area (Å²) in [7, 11) is 0. The van der Waals surface area contributed by atoms with Gasteiger partial charge in [-0.15, -0.1) is 0 Å². The van der Waals surface area contributed by atoms with Gasteiger partial charge in [0, 0.05) is 12.6 Å². The predicted octanol–water partition coefficient (Wildman–Crippen LogP) is 5.73. The molecule has 0 saturated carbocycles. The molecule has 0 saturated heterocycles. The van der Waals surface area contributed by atoms with Gasteiger partial charge in [-0.25, -0.2) is 0 Å². The minimum atomic E-state index is -0.0733. The maximum atomic E-state index is 11.0. The van der Waals surface area contributed by atoms with E-state index in [1.165, 1.54) is 6.92 Å². The van der Waals surface area contributed by atoms with Crippen LogP contribution in [0.5, 0.6) is 0 Å². The molecule has 0 atom stereocenters. The van der Waals surface area contributed by atoms with Crippen LogP contribution >= 0.6 is 0 Å². The predicted molar refractivity (Wildman–Crippen MR) is 96.8 cm³/mol. The standard InChI is InChI=1S/C20H17N3O/c1-15(24)21-18-11-7-16(8-12-18)17-9-13-20(14-10-17)23-22-19-5-3-2-4-6-19/h2-14H,1H3,(H,21,24). The SMILES string of the molecule is CC(=O)Nc1ccc(-c2ccc(N=Nc3ccccc3)cc2)cc1. The van der Waals surface area contributed by atoms with Gasteiger partial charge in [-0.05, 0) is 47.5 Å². The highest BCUT2D eigenvalue weighted by Crippen LogP contribution is 2.25. The summed E-state index contributed by atoms with van der Waals surface area (Å²) in [6.07, 6.45) is 0. The Balaban J connectivity index is 1.72. The number of nitrogens with one attached hydrogen (secondary N) is 1. The molecule has 0 aromatic heterocycles. The fourth-order valence-electron chi connectivity index (χ4n) is 2.28. The lowest BCUT2D eigenvalue weighted by molar-refractivity contribution is -0.114. The molecule has 1 N–H and O–H groups in total. The molecule has 0 bridgehead atoms. The van der Waals surface area contributed by atoms with Crippen LogP contribution in [0.15, 0.2) is 89.1 Å². The third-order valence-electron chi connectivity index (χ3n) is 3.44. The Morgan fingerprint density at radius 2 is 1.21 bits per heavy atom. The lowest BCUT2D eigenvalue weighted by Gasteiger charge is -2.05. The van der Waals surface area contributed by atoms with Crippen molar-refractivity contribution in [2.24, 2.45) is 10.2 Å². The summed E-state index contributed by atoms with van der Waals surface area (Å²) in [5.74, 6) is -0.0733. The zero-order valence-corrected chi connectivity index (χ0v) is 13.3. The molecule has 0 heterocycles. The lowest BCUT2D eigenvalue weighted by atomic mass is 10.1. The van der Waals surface area contributed by atoms with Crippen LogP contribution < -0.4 is 5.32 Å². The zero-order valence-electron chi connectivity index (χ0n) is 13.3. The van der Waals surface area contributed by atoms with E-state index in [2.05, 4.69) is 15.5 Å². The maximum Gasteiger partial charge on any atom is 0.221 e. The molecule has 3 aromatic rings. The number of anilines is 1. The quantitative estimate of drug-likeness (QED) is 0.614. The van der Waals surface area contributed by atoms with Crippen molar-refractivity contribution >= 4 is 23.0 Å². The molecule has 0 fully saturated rings. The van der Waals surface area contributed by atoms with Crippen LogP contribution in [-0.4, -0.2) is 5.91 Å². The van der Waals surface area contributed by atoms with Crippen molar-refractivity contribution < 1.29 is 4.79 Å². The fraction of sp³-hybridized carbons (Fsp3) is 0.0500. The number of hydrogen-bond acceptors (Lipinski definition) is 3. The Morgan fingerprint density at radius 1 is 0.708 bits per heavy atom. The zero-order chi connectivity index (χ0) is 16.8. The van der Waals surface area contributed by atoms with Gasteiger partial charge in [0.2, 0.25) is 5.91 Å². The van der Waals surface area contributed by atoms with Crippen molar-refractivity contribution in [2.45, 2.75) is 6.92 Å². The molecular weight excluding hydrogens is 298 g/mol. The largest absolute Gasteiger partial charge is 0.326 e. The minimum Gasteiger partial charge on any atom is -0.326 e. The van der Waals surface area contributed by atoms with Crippen molar-refractivity contribution in [1.82, 2.24) is 0 Å². The van der Waals surface area contributed by atoms with Crippen molar-refractivity contribution in [3.63, 3.8) is 0 Å². The molecule has 0 aliphatic heterocycles. The van der Waals surface area contributed by atoms with Gasteiger partial charge < -0.3 is 5.32 Å². The normalized spacial score (nSPS) is 10.7. The van der Waals surface area contributed by atoms with Gasteiger partial charge >= 0.3 is 0 Å². The van der Waals surface area contributed by atoms with E-state index in [9.17, 15) is 4.79 Å². The topological polar surface area (TPSA) is 53.8 Å². The molecule has 0 radical (unpaired) electrons. The van der Waals surface area contributed by atoms with Crippen LogP contribution in [0.25, 0.3) is 11.1 Å². The Hall–Kier alpha value is -3.27. The van der Waals surface area contributed by atoms with Crippen LogP contribution in [0.3, 0.4) is 0 Å². The Kier molecular flexibility index (Phi) is 4.77. The molecule has 0 spiro atoms. The van der Waals surface area contributed by atoms with E-state index in [1.54, 1.807) is 0 Å². The summed E-state index contributed by atoms with van der Waals surface area (Å²) < 4.78 is 0. The Bertz CT molecular complexity index is 838. The minimum absolute atomic E-state index is 0.0733. The average Bonchev–Trinajstić information content (AvgIpc) is 2.62. The summed E-state index contributed by atoms with van der Waals surface area (Å²) in [5, 5.41) is 11.2. The Morgan fingerprint density at radius 3 is 1.75 bits per heavy atom. The monoisotopic (exact) mass is 315 g/mol. The number of benzene rings is 3. The number of azo groups is 1. The first kappa shape index (κ1) is 15.6. The third kappa shape index (κ3) is 4.14. The van der Waals surface area contributed by atoms with E-state index in [4.69, 9.17) is 0 Å². The van der Waals surface area contributed by atoms with E-state index >= 15 is 0 Å². The highest BCUT2D eigenvalue weighted by atomic mass is 16.1. The maximum absolute atomic E-state index is 11.0. The molecule has 0 aliphatic rings. The van der Waals surface area contributed by atoms with Crippen molar-refractivity contribution in [2.75, 3.05) is 5.32 Å². The molecule has 3 rings (SSSR count). The summed E-state index contributed by atoms with van der Waals surface area (Å²) >= 11 is 0. The smallest absolute Gasteiger partial charge is 0.221 e. The average molecular weight is 315 g/mol. The van der Waals surface area contributed by atoms with Crippen molar-refractivity contribution in [3.8, 4) is 11.1 Å². The van der Waals surface area contributed by atoms with Crippen LogP contribution in [0.1, 0.15) is 6.92 Å². The molecule has 4 nitrogen and oxygen atoms in total.